The van der Waals surface area contributed by atoms with E-state index in [2.05, 4.69) is 5.32 Å². The monoisotopic (exact) mass is 353 g/mol. The highest BCUT2D eigenvalue weighted by Gasteiger charge is 2.29. The van der Waals surface area contributed by atoms with Gasteiger partial charge in [0, 0.05) is 38.3 Å². The van der Waals surface area contributed by atoms with Crippen molar-refractivity contribution in [3.63, 3.8) is 0 Å². The number of Topliss-reactive ketones (excluding diaryl/α,β-unsaturated/α-hetero) is 1. The summed E-state index contributed by atoms with van der Waals surface area (Å²) in [5.41, 5.74) is 0.487. The molecule has 1 fully saturated rings. The van der Waals surface area contributed by atoms with E-state index in [4.69, 9.17) is 0 Å². The van der Waals surface area contributed by atoms with E-state index in [9.17, 15) is 18.0 Å². The Labute approximate surface area is 142 Å². The van der Waals surface area contributed by atoms with E-state index in [0.717, 1.165) is 0 Å². The van der Waals surface area contributed by atoms with Gasteiger partial charge in [0.25, 0.3) is 0 Å². The zero-order chi connectivity index (χ0) is 17.7. The van der Waals surface area contributed by atoms with Crippen LogP contribution in [0.4, 0.5) is 0 Å². The molecule has 1 aliphatic rings. The quantitative estimate of drug-likeness (QED) is 0.745. The summed E-state index contributed by atoms with van der Waals surface area (Å²) in [7, 11) is -3.57. The van der Waals surface area contributed by atoms with Gasteiger partial charge in [0.2, 0.25) is 15.9 Å². The van der Waals surface area contributed by atoms with Crippen LogP contribution >= 0.6 is 0 Å². The Bertz CT molecular complexity index is 693. The fourth-order valence-electron chi connectivity index (χ4n) is 2.59. The number of likely N-dealkylation sites (N-methyl/N-ethyl adjacent to an activating group) is 1. The second-order valence-electron chi connectivity index (χ2n) is 5.71. The van der Waals surface area contributed by atoms with E-state index in [-0.39, 0.29) is 23.1 Å². The molecular formula is C16H23N3O4S. The van der Waals surface area contributed by atoms with Crippen molar-refractivity contribution in [2.24, 2.45) is 0 Å². The number of amides is 1. The number of hydrogen-bond acceptors (Lipinski definition) is 5. The minimum absolute atomic E-state index is 0.0476. The maximum Gasteiger partial charge on any atom is 0.243 e. The van der Waals surface area contributed by atoms with Crippen LogP contribution in [-0.2, 0) is 14.8 Å². The number of rotatable bonds is 6. The van der Waals surface area contributed by atoms with Crippen molar-refractivity contribution in [2.45, 2.75) is 18.7 Å². The van der Waals surface area contributed by atoms with Crippen molar-refractivity contribution in [2.75, 3.05) is 39.3 Å². The van der Waals surface area contributed by atoms with Crippen LogP contribution in [0.3, 0.4) is 0 Å². The Morgan fingerprint density at radius 2 is 1.67 bits per heavy atom. The SMILES string of the molecule is CCNC(=O)CN1CCN(S(=O)(=O)c2ccc(C(C)=O)cc2)CC1. The van der Waals surface area contributed by atoms with E-state index in [1.54, 1.807) is 0 Å². The van der Waals surface area contributed by atoms with Crippen LogP contribution in [0, 0.1) is 0 Å². The van der Waals surface area contributed by atoms with Crippen LogP contribution in [0.15, 0.2) is 29.2 Å². The average Bonchev–Trinajstić information content (AvgIpc) is 2.55. The van der Waals surface area contributed by atoms with Gasteiger partial charge in [-0.15, -0.1) is 0 Å². The lowest BCUT2D eigenvalue weighted by molar-refractivity contribution is -0.122. The van der Waals surface area contributed by atoms with Gasteiger partial charge in [-0.2, -0.15) is 4.31 Å². The molecule has 0 spiro atoms. The number of ketones is 1. The minimum Gasteiger partial charge on any atom is -0.355 e. The first kappa shape index (κ1) is 18.6. The molecule has 7 nitrogen and oxygen atoms in total. The highest BCUT2D eigenvalue weighted by molar-refractivity contribution is 7.89. The van der Waals surface area contributed by atoms with E-state index in [1.165, 1.54) is 35.5 Å². The Morgan fingerprint density at radius 1 is 1.08 bits per heavy atom. The van der Waals surface area contributed by atoms with Gasteiger partial charge in [-0.25, -0.2) is 8.42 Å². The molecule has 0 radical (unpaired) electrons. The van der Waals surface area contributed by atoms with E-state index >= 15 is 0 Å². The summed E-state index contributed by atoms with van der Waals surface area (Å²) in [5.74, 6) is -0.147. The molecule has 1 saturated heterocycles. The number of nitrogens with one attached hydrogen (secondary N) is 1. The highest BCUT2D eigenvalue weighted by Crippen LogP contribution is 2.18. The number of sulfonamides is 1. The standard InChI is InChI=1S/C16H23N3O4S/c1-3-17-16(21)12-18-8-10-19(11-9-18)24(22,23)15-6-4-14(5-7-15)13(2)20/h4-7H,3,8-12H2,1-2H3,(H,17,21). The molecule has 2 rings (SSSR count). The number of nitrogens with zero attached hydrogens (tertiary/aromatic N) is 2. The molecule has 0 unspecified atom stereocenters. The second-order valence-corrected chi connectivity index (χ2v) is 7.65. The fourth-order valence-corrected chi connectivity index (χ4v) is 4.02. The highest BCUT2D eigenvalue weighted by atomic mass is 32.2. The van der Waals surface area contributed by atoms with E-state index in [1.807, 2.05) is 11.8 Å². The lowest BCUT2D eigenvalue weighted by Gasteiger charge is -2.33. The topological polar surface area (TPSA) is 86.8 Å². The smallest absolute Gasteiger partial charge is 0.243 e. The molecule has 1 aromatic carbocycles. The third-order valence-corrected chi connectivity index (χ3v) is 5.88. The third kappa shape index (κ3) is 4.40. The van der Waals surface area contributed by atoms with Crippen LogP contribution < -0.4 is 5.32 Å². The molecule has 1 aliphatic heterocycles. The molecule has 0 aromatic heterocycles. The van der Waals surface area contributed by atoms with Gasteiger partial charge < -0.3 is 5.32 Å². The Kier molecular flexibility index (Phi) is 6.09. The maximum atomic E-state index is 12.6. The van der Waals surface area contributed by atoms with Crippen LogP contribution in [-0.4, -0.2) is 68.6 Å². The zero-order valence-corrected chi connectivity index (χ0v) is 14.8. The molecule has 1 amide bonds. The Balaban J connectivity index is 1.99. The first-order chi connectivity index (χ1) is 11.3. The van der Waals surface area contributed by atoms with Crippen LogP contribution in [0.5, 0.6) is 0 Å². The third-order valence-electron chi connectivity index (χ3n) is 3.97. The minimum atomic E-state index is -3.57. The molecule has 0 atom stereocenters. The summed E-state index contributed by atoms with van der Waals surface area (Å²) in [4.78, 5) is 25.0. The molecule has 8 heteroatoms. The Morgan fingerprint density at radius 3 is 2.17 bits per heavy atom. The lowest BCUT2D eigenvalue weighted by atomic mass is 10.2. The first-order valence-corrected chi connectivity index (χ1v) is 9.39. The van der Waals surface area contributed by atoms with Gasteiger partial charge in [-0.1, -0.05) is 12.1 Å². The fraction of sp³-hybridized carbons (Fsp3) is 0.500. The van der Waals surface area contributed by atoms with Crippen molar-refractivity contribution in [3.8, 4) is 0 Å². The number of piperazine rings is 1. The van der Waals surface area contributed by atoms with Gasteiger partial charge >= 0.3 is 0 Å². The predicted octanol–water partition coefficient (Wildman–Crippen LogP) is 0.332. The van der Waals surface area contributed by atoms with Crippen molar-refractivity contribution in [3.05, 3.63) is 29.8 Å². The maximum absolute atomic E-state index is 12.6. The summed E-state index contributed by atoms with van der Waals surface area (Å²) in [5, 5.41) is 2.73. The lowest BCUT2D eigenvalue weighted by Crippen LogP contribution is -2.51. The van der Waals surface area contributed by atoms with Crippen LogP contribution in [0.2, 0.25) is 0 Å². The second kappa shape index (κ2) is 7.87. The molecule has 0 aliphatic carbocycles. The van der Waals surface area contributed by atoms with Gasteiger partial charge in [-0.3, -0.25) is 14.5 Å². The van der Waals surface area contributed by atoms with Gasteiger partial charge in [0.1, 0.15) is 0 Å². The number of hydrogen-bond donors (Lipinski definition) is 1. The average molecular weight is 353 g/mol. The molecule has 24 heavy (non-hydrogen) atoms. The summed E-state index contributed by atoms with van der Waals surface area (Å²) in [6.45, 7) is 5.89. The molecular weight excluding hydrogens is 330 g/mol. The summed E-state index contributed by atoms with van der Waals surface area (Å²) < 4.78 is 26.7. The van der Waals surface area contributed by atoms with Crippen LogP contribution in [0.25, 0.3) is 0 Å². The molecule has 1 N–H and O–H groups in total. The van der Waals surface area contributed by atoms with Gasteiger partial charge in [0.15, 0.2) is 5.78 Å². The van der Waals surface area contributed by atoms with Crippen molar-refractivity contribution < 1.29 is 18.0 Å². The summed E-state index contributed by atoms with van der Waals surface area (Å²) >= 11 is 0. The van der Waals surface area contributed by atoms with Gasteiger partial charge in [0.05, 0.1) is 11.4 Å². The number of benzene rings is 1. The summed E-state index contributed by atoms with van der Waals surface area (Å²) in [6.07, 6.45) is 0. The van der Waals surface area contributed by atoms with Crippen molar-refractivity contribution >= 4 is 21.7 Å². The van der Waals surface area contributed by atoms with Crippen molar-refractivity contribution in [1.29, 1.82) is 0 Å². The number of carbonyl (C=O) groups excluding carboxylic acids is 2. The van der Waals surface area contributed by atoms with E-state index < -0.39 is 10.0 Å². The molecule has 1 aromatic rings. The molecule has 132 valence electrons. The molecule has 0 saturated carbocycles. The van der Waals surface area contributed by atoms with Crippen LogP contribution in [0.1, 0.15) is 24.2 Å². The normalized spacial score (nSPS) is 16.8. The predicted molar refractivity (Wildman–Crippen MR) is 90.3 cm³/mol. The molecule has 1 heterocycles. The Hall–Kier alpha value is -1.77. The zero-order valence-electron chi connectivity index (χ0n) is 14.0. The largest absolute Gasteiger partial charge is 0.355 e. The van der Waals surface area contributed by atoms with Crippen molar-refractivity contribution in [1.82, 2.24) is 14.5 Å². The van der Waals surface area contributed by atoms with E-state index in [0.29, 0.717) is 38.3 Å². The summed E-state index contributed by atoms with van der Waals surface area (Å²) in [6, 6.07) is 5.99. The first-order valence-electron chi connectivity index (χ1n) is 7.94. The number of carbonyl (C=O) groups is 2. The molecule has 0 bridgehead atoms. The van der Waals surface area contributed by atoms with Gasteiger partial charge in [-0.05, 0) is 26.0 Å².